The van der Waals surface area contributed by atoms with Gasteiger partial charge in [-0.25, -0.2) is 4.79 Å². The van der Waals surface area contributed by atoms with Crippen molar-refractivity contribution in [3.63, 3.8) is 0 Å². The Morgan fingerprint density at radius 1 is 1.35 bits per heavy atom. The molecule has 1 aromatic carbocycles. The Bertz CT molecular complexity index is 479. The number of nitrogens with zero attached hydrogens (tertiary/aromatic N) is 1. The van der Waals surface area contributed by atoms with Gasteiger partial charge in [-0.2, -0.15) is 11.8 Å². The molecule has 0 aromatic heterocycles. The lowest BCUT2D eigenvalue weighted by molar-refractivity contribution is -0.139. The van der Waals surface area contributed by atoms with E-state index in [0.717, 1.165) is 16.7 Å². The van der Waals surface area contributed by atoms with Crippen LogP contribution in [0.25, 0.3) is 0 Å². The second-order valence-electron chi connectivity index (χ2n) is 4.90. The van der Waals surface area contributed by atoms with Crippen molar-refractivity contribution in [1.29, 1.82) is 0 Å². The van der Waals surface area contributed by atoms with Crippen molar-refractivity contribution in [2.24, 2.45) is 0 Å². The van der Waals surface area contributed by atoms with Gasteiger partial charge in [-0.05, 0) is 50.3 Å². The maximum atomic E-state index is 11.5. The topological polar surface area (TPSA) is 57.6 Å². The van der Waals surface area contributed by atoms with E-state index in [-0.39, 0.29) is 0 Å². The molecule has 0 bridgehead atoms. The van der Waals surface area contributed by atoms with E-state index in [2.05, 4.69) is 0 Å². The van der Waals surface area contributed by atoms with Crippen LogP contribution in [0.4, 0.5) is 5.69 Å². The Hall–Kier alpha value is -1.49. The largest absolute Gasteiger partial charge is 0.480 e. The zero-order valence-corrected chi connectivity index (χ0v) is 13.2. The number of thioether (sulfide) groups is 1. The van der Waals surface area contributed by atoms with E-state index >= 15 is 0 Å². The van der Waals surface area contributed by atoms with Gasteiger partial charge in [0, 0.05) is 0 Å². The minimum atomic E-state index is -0.967. The lowest BCUT2D eigenvalue weighted by atomic mass is 10.0. The quantitative estimate of drug-likeness (QED) is 0.786. The molecule has 1 amide bonds. The summed E-state index contributed by atoms with van der Waals surface area (Å²) >= 11 is 1.58. The van der Waals surface area contributed by atoms with Gasteiger partial charge in [0.15, 0.2) is 0 Å². The molecule has 0 saturated heterocycles. The molecule has 0 aliphatic carbocycles. The summed E-state index contributed by atoms with van der Waals surface area (Å²) in [5.41, 5.74) is 3.65. The van der Waals surface area contributed by atoms with E-state index in [1.54, 1.807) is 11.8 Å². The van der Waals surface area contributed by atoms with Crippen molar-refractivity contribution in [2.75, 3.05) is 16.9 Å². The second-order valence-corrected chi connectivity index (χ2v) is 5.88. The van der Waals surface area contributed by atoms with Crippen LogP contribution in [0.1, 0.15) is 23.1 Å². The number of benzene rings is 1. The van der Waals surface area contributed by atoms with Crippen LogP contribution in [0.2, 0.25) is 0 Å². The maximum absolute atomic E-state index is 11.5. The molecule has 0 aliphatic rings. The summed E-state index contributed by atoms with van der Waals surface area (Å²) in [5.74, 6) is -0.267. The second kappa shape index (κ2) is 7.33. The summed E-state index contributed by atoms with van der Waals surface area (Å²) in [6.07, 6.45) is 2.98. The fourth-order valence-corrected chi connectivity index (χ4v) is 2.93. The highest BCUT2D eigenvalue weighted by molar-refractivity contribution is 7.98. The van der Waals surface area contributed by atoms with E-state index in [1.165, 1.54) is 4.90 Å². The number of carboxylic acids is 1. The van der Waals surface area contributed by atoms with Gasteiger partial charge in [-0.3, -0.25) is 4.79 Å². The van der Waals surface area contributed by atoms with Crippen LogP contribution in [0.5, 0.6) is 0 Å². The highest BCUT2D eigenvalue weighted by atomic mass is 32.2. The molecular weight excluding hydrogens is 274 g/mol. The van der Waals surface area contributed by atoms with Gasteiger partial charge >= 0.3 is 5.97 Å². The SMILES string of the molecule is CSCCC(C(=O)O)N(C=O)c1c(C)cc(C)cc1C. The Balaban J connectivity index is 3.23. The molecule has 1 unspecified atom stereocenters. The number of carbonyl (C=O) groups excluding carboxylic acids is 1. The fraction of sp³-hybridized carbons (Fsp3) is 0.467. The van der Waals surface area contributed by atoms with E-state index in [0.29, 0.717) is 24.3 Å². The summed E-state index contributed by atoms with van der Waals surface area (Å²) in [6, 6.07) is 3.11. The Kier molecular flexibility index (Phi) is 6.07. The van der Waals surface area contributed by atoms with Crippen LogP contribution in [0, 0.1) is 20.8 Å². The van der Waals surface area contributed by atoms with Gasteiger partial charge in [-0.15, -0.1) is 0 Å². The van der Waals surface area contributed by atoms with Crippen LogP contribution in [-0.4, -0.2) is 35.5 Å². The van der Waals surface area contributed by atoms with Crippen LogP contribution in [-0.2, 0) is 9.59 Å². The van der Waals surface area contributed by atoms with Gasteiger partial charge in [0.05, 0.1) is 5.69 Å². The van der Waals surface area contributed by atoms with Crippen molar-refractivity contribution in [3.05, 3.63) is 28.8 Å². The van der Waals surface area contributed by atoms with Gasteiger partial charge in [0.2, 0.25) is 6.41 Å². The molecule has 0 spiro atoms. The molecule has 1 aromatic rings. The van der Waals surface area contributed by atoms with Crippen LogP contribution in [0.15, 0.2) is 12.1 Å². The van der Waals surface area contributed by atoms with E-state index < -0.39 is 12.0 Å². The van der Waals surface area contributed by atoms with Gasteiger partial charge in [0.1, 0.15) is 6.04 Å². The monoisotopic (exact) mass is 295 g/mol. The highest BCUT2D eigenvalue weighted by Gasteiger charge is 2.27. The number of rotatable bonds is 7. The predicted molar refractivity (Wildman–Crippen MR) is 83.6 cm³/mol. The van der Waals surface area contributed by atoms with Gasteiger partial charge in [0.25, 0.3) is 0 Å². The molecule has 1 atom stereocenters. The van der Waals surface area contributed by atoms with Crippen molar-refractivity contribution in [1.82, 2.24) is 0 Å². The lowest BCUT2D eigenvalue weighted by Crippen LogP contribution is -2.41. The third kappa shape index (κ3) is 3.76. The third-order valence-corrected chi connectivity index (χ3v) is 3.87. The molecule has 20 heavy (non-hydrogen) atoms. The third-order valence-electron chi connectivity index (χ3n) is 3.22. The molecular formula is C15H21NO3S. The van der Waals surface area contributed by atoms with Crippen LogP contribution >= 0.6 is 11.8 Å². The normalized spacial score (nSPS) is 12.0. The number of amides is 1. The molecule has 110 valence electrons. The Labute approximate surface area is 124 Å². The number of hydrogen-bond acceptors (Lipinski definition) is 3. The maximum Gasteiger partial charge on any atom is 0.326 e. The Morgan fingerprint density at radius 2 is 1.90 bits per heavy atom. The first kappa shape index (κ1) is 16.6. The molecule has 1 N–H and O–H groups in total. The minimum Gasteiger partial charge on any atom is -0.480 e. The number of carboxylic acid groups (broad SMARTS) is 1. The van der Waals surface area contributed by atoms with Gasteiger partial charge in [-0.1, -0.05) is 17.7 Å². The summed E-state index contributed by atoms with van der Waals surface area (Å²) in [7, 11) is 0. The van der Waals surface area contributed by atoms with Crippen LogP contribution in [0.3, 0.4) is 0 Å². The zero-order chi connectivity index (χ0) is 15.3. The summed E-state index contributed by atoms with van der Waals surface area (Å²) in [5, 5.41) is 9.39. The molecule has 0 fully saturated rings. The number of hydrogen-bond donors (Lipinski definition) is 1. The molecule has 4 nitrogen and oxygen atoms in total. The number of aryl methyl sites for hydroxylation is 3. The zero-order valence-electron chi connectivity index (χ0n) is 12.3. The average Bonchev–Trinajstić information content (AvgIpc) is 2.35. The van der Waals surface area contributed by atoms with Crippen molar-refractivity contribution in [2.45, 2.75) is 33.2 Å². The first-order valence-electron chi connectivity index (χ1n) is 6.45. The standard InChI is InChI=1S/C15H21NO3S/c1-10-7-11(2)14(12(3)8-10)16(9-17)13(15(18)19)5-6-20-4/h7-9,13H,5-6H2,1-4H3,(H,18,19). The minimum absolute atomic E-state index is 0.433. The molecule has 1 rings (SSSR count). The van der Waals surface area contributed by atoms with Crippen molar-refractivity contribution < 1.29 is 14.7 Å². The van der Waals surface area contributed by atoms with Crippen LogP contribution < -0.4 is 4.90 Å². The Morgan fingerprint density at radius 3 is 2.30 bits per heavy atom. The molecule has 0 saturated carbocycles. The van der Waals surface area contributed by atoms with E-state index in [1.807, 2.05) is 39.2 Å². The molecule has 0 radical (unpaired) electrons. The molecule has 0 aliphatic heterocycles. The smallest absolute Gasteiger partial charge is 0.326 e. The summed E-state index contributed by atoms with van der Waals surface area (Å²) < 4.78 is 0. The number of carbonyl (C=O) groups is 2. The first-order chi connectivity index (χ1) is 9.42. The van der Waals surface area contributed by atoms with Crippen molar-refractivity contribution >= 4 is 29.8 Å². The first-order valence-corrected chi connectivity index (χ1v) is 7.85. The predicted octanol–water partition coefficient (Wildman–Crippen LogP) is 2.78. The average molecular weight is 295 g/mol. The number of anilines is 1. The lowest BCUT2D eigenvalue weighted by Gasteiger charge is -2.28. The summed E-state index contributed by atoms with van der Waals surface area (Å²) in [6.45, 7) is 5.79. The van der Waals surface area contributed by atoms with Crippen molar-refractivity contribution in [3.8, 4) is 0 Å². The number of aliphatic carboxylic acids is 1. The molecule has 5 heteroatoms. The molecule has 0 heterocycles. The van der Waals surface area contributed by atoms with E-state index in [9.17, 15) is 14.7 Å². The van der Waals surface area contributed by atoms with Gasteiger partial charge < -0.3 is 10.0 Å². The highest BCUT2D eigenvalue weighted by Crippen LogP contribution is 2.28. The van der Waals surface area contributed by atoms with E-state index in [4.69, 9.17) is 0 Å². The fourth-order valence-electron chi connectivity index (χ4n) is 2.47. The summed E-state index contributed by atoms with van der Waals surface area (Å²) in [4.78, 5) is 24.3.